The fourth-order valence-corrected chi connectivity index (χ4v) is 1.15. The number of amides is 1. The van der Waals surface area contributed by atoms with Crippen LogP contribution in [0.1, 0.15) is 35.7 Å². The second kappa shape index (κ2) is 4.00. The average Bonchev–Trinajstić information content (AvgIpc) is 2.16. The standard InChI is InChI=1S/C9H13N3O/c1-6(2)8-5-11-4-3-7(8)9(13)12-10/h3-6H,10H2,1-2H3,(H,12,13). The smallest absolute Gasteiger partial charge is 0.265 e. The number of hydrazine groups is 1. The number of nitrogen functional groups attached to an aromatic ring is 1. The van der Waals surface area contributed by atoms with Gasteiger partial charge in [-0.1, -0.05) is 13.8 Å². The van der Waals surface area contributed by atoms with Gasteiger partial charge in [0.25, 0.3) is 5.91 Å². The molecule has 0 aliphatic rings. The zero-order valence-electron chi connectivity index (χ0n) is 7.74. The van der Waals surface area contributed by atoms with Crippen molar-refractivity contribution in [3.63, 3.8) is 0 Å². The Kier molecular flexibility index (Phi) is 2.97. The monoisotopic (exact) mass is 179 g/mol. The van der Waals surface area contributed by atoms with E-state index in [2.05, 4.69) is 10.4 Å². The van der Waals surface area contributed by atoms with Crippen LogP contribution in [0.3, 0.4) is 0 Å². The van der Waals surface area contributed by atoms with E-state index in [-0.39, 0.29) is 11.8 Å². The quantitative estimate of drug-likeness (QED) is 0.401. The van der Waals surface area contributed by atoms with Crippen LogP contribution in [-0.4, -0.2) is 10.9 Å². The van der Waals surface area contributed by atoms with Gasteiger partial charge in [0.15, 0.2) is 0 Å². The highest BCUT2D eigenvalue weighted by atomic mass is 16.2. The summed E-state index contributed by atoms with van der Waals surface area (Å²) in [6, 6.07) is 1.66. The number of rotatable bonds is 2. The van der Waals surface area contributed by atoms with E-state index in [0.29, 0.717) is 5.56 Å². The topological polar surface area (TPSA) is 68.0 Å². The number of aromatic nitrogens is 1. The number of hydrogen-bond donors (Lipinski definition) is 2. The highest BCUT2D eigenvalue weighted by molar-refractivity contribution is 5.95. The summed E-state index contributed by atoms with van der Waals surface area (Å²) in [5.41, 5.74) is 3.61. The summed E-state index contributed by atoms with van der Waals surface area (Å²) in [6.07, 6.45) is 3.27. The largest absolute Gasteiger partial charge is 0.290 e. The van der Waals surface area contributed by atoms with Crippen molar-refractivity contribution in [3.05, 3.63) is 29.6 Å². The van der Waals surface area contributed by atoms with Gasteiger partial charge in [-0.2, -0.15) is 0 Å². The van der Waals surface area contributed by atoms with Gasteiger partial charge < -0.3 is 0 Å². The summed E-state index contributed by atoms with van der Waals surface area (Å²) in [5.74, 6) is 5.05. The predicted octanol–water partition coefficient (Wildman–Crippen LogP) is 0.809. The zero-order chi connectivity index (χ0) is 9.84. The van der Waals surface area contributed by atoms with Gasteiger partial charge in [-0.3, -0.25) is 15.2 Å². The summed E-state index contributed by atoms with van der Waals surface area (Å²) >= 11 is 0. The number of nitrogens with one attached hydrogen (secondary N) is 1. The Balaban J connectivity index is 3.12. The Hall–Kier alpha value is -1.42. The lowest BCUT2D eigenvalue weighted by molar-refractivity contribution is 0.0952. The van der Waals surface area contributed by atoms with Gasteiger partial charge in [0.05, 0.1) is 0 Å². The Morgan fingerprint density at radius 2 is 2.31 bits per heavy atom. The number of carbonyl (C=O) groups is 1. The normalized spacial score (nSPS) is 10.2. The minimum atomic E-state index is -0.272. The molecule has 4 heteroatoms. The molecule has 4 nitrogen and oxygen atoms in total. The molecule has 1 amide bonds. The molecule has 0 spiro atoms. The van der Waals surface area contributed by atoms with Gasteiger partial charge in [-0.25, -0.2) is 5.84 Å². The highest BCUT2D eigenvalue weighted by Gasteiger charge is 2.11. The van der Waals surface area contributed by atoms with E-state index in [0.717, 1.165) is 5.56 Å². The fourth-order valence-electron chi connectivity index (χ4n) is 1.15. The van der Waals surface area contributed by atoms with E-state index in [9.17, 15) is 4.79 Å². The van der Waals surface area contributed by atoms with Crippen LogP contribution in [0.25, 0.3) is 0 Å². The Bertz CT molecular complexity index is 309. The number of nitrogens with two attached hydrogens (primary N) is 1. The third-order valence-corrected chi connectivity index (χ3v) is 1.85. The van der Waals surface area contributed by atoms with Gasteiger partial charge >= 0.3 is 0 Å². The molecule has 0 aromatic carbocycles. The molecule has 0 saturated carbocycles. The molecule has 1 heterocycles. The van der Waals surface area contributed by atoms with Crippen molar-refractivity contribution in [3.8, 4) is 0 Å². The van der Waals surface area contributed by atoms with Crippen LogP contribution < -0.4 is 11.3 Å². The molecule has 0 radical (unpaired) electrons. The first-order valence-electron chi connectivity index (χ1n) is 4.11. The van der Waals surface area contributed by atoms with E-state index in [1.165, 1.54) is 0 Å². The van der Waals surface area contributed by atoms with Crippen molar-refractivity contribution >= 4 is 5.91 Å². The minimum Gasteiger partial charge on any atom is -0.290 e. The first-order chi connectivity index (χ1) is 6.16. The molecule has 1 aromatic heterocycles. The molecular weight excluding hydrogens is 166 g/mol. The second-order valence-corrected chi connectivity index (χ2v) is 3.09. The lowest BCUT2D eigenvalue weighted by Gasteiger charge is -2.09. The molecular formula is C9H13N3O. The van der Waals surface area contributed by atoms with E-state index < -0.39 is 0 Å². The lowest BCUT2D eigenvalue weighted by atomic mass is 9.99. The zero-order valence-corrected chi connectivity index (χ0v) is 7.74. The molecule has 0 bridgehead atoms. The van der Waals surface area contributed by atoms with Gasteiger partial charge in [0.2, 0.25) is 0 Å². The Labute approximate surface area is 77.1 Å². The average molecular weight is 179 g/mol. The molecule has 0 saturated heterocycles. The van der Waals surface area contributed by atoms with Crippen molar-refractivity contribution < 1.29 is 4.79 Å². The van der Waals surface area contributed by atoms with Crippen molar-refractivity contribution in [1.82, 2.24) is 10.4 Å². The molecule has 0 unspecified atom stereocenters. The van der Waals surface area contributed by atoms with Crippen molar-refractivity contribution in [2.75, 3.05) is 0 Å². The van der Waals surface area contributed by atoms with Gasteiger partial charge in [-0.15, -0.1) is 0 Å². The Morgan fingerprint density at radius 3 is 2.85 bits per heavy atom. The SMILES string of the molecule is CC(C)c1cnccc1C(=O)NN. The third-order valence-electron chi connectivity index (χ3n) is 1.85. The molecule has 70 valence electrons. The molecule has 0 aliphatic carbocycles. The van der Waals surface area contributed by atoms with Crippen LogP contribution >= 0.6 is 0 Å². The maximum Gasteiger partial charge on any atom is 0.265 e. The number of hydrogen-bond acceptors (Lipinski definition) is 3. The highest BCUT2D eigenvalue weighted by Crippen LogP contribution is 2.17. The number of carbonyl (C=O) groups excluding carboxylic acids is 1. The summed E-state index contributed by atoms with van der Waals surface area (Å²) in [6.45, 7) is 4.01. The van der Waals surface area contributed by atoms with Crippen molar-refractivity contribution in [2.24, 2.45) is 5.84 Å². The first kappa shape index (κ1) is 9.67. The summed E-state index contributed by atoms with van der Waals surface area (Å²) in [5, 5.41) is 0. The molecule has 1 rings (SSSR count). The molecule has 0 aliphatic heterocycles. The predicted molar refractivity (Wildman–Crippen MR) is 50.0 cm³/mol. The number of pyridine rings is 1. The lowest BCUT2D eigenvalue weighted by Crippen LogP contribution is -2.31. The van der Waals surface area contributed by atoms with Crippen LogP contribution in [0.5, 0.6) is 0 Å². The summed E-state index contributed by atoms with van der Waals surface area (Å²) in [7, 11) is 0. The van der Waals surface area contributed by atoms with Crippen LogP contribution in [0, 0.1) is 0 Å². The van der Waals surface area contributed by atoms with Crippen molar-refractivity contribution in [2.45, 2.75) is 19.8 Å². The van der Waals surface area contributed by atoms with Gasteiger partial charge in [0.1, 0.15) is 0 Å². The van der Waals surface area contributed by atoms with Crippen LogP contribution in [0.4, 0.5) is 0 Å². The molecule has 0 fully saturated rings. The summed E-state index contributed by atoms with van der Waals surface area (Å²) < 4.78 is 0. The van der Waals surface area contributed by atoms with E-state index >= 15 is 0 Å². The third kappa shape index (κ3) is 2.03. The maximum atomic E-state index is 11.3. The van der Waals surface area contributed by atoms with Crippen LogP contribution in [0.2, 0.25) is 0 Å². The van der Waals surface area contributed by atoms with Crippen molar-refractivity contribution in [1.29, 1.82) is 0 Å². The minimum absolute atomic E-state index is 0.265. The number of nitrogens with zero attached hydrogens (tertiary/aromatic N) is 1. The second-order valence-electron chi connectivity index (χ2n) is 3.09. The first-order valence-corrected chi connectivity index (χ1v) is 4.11. The molecule has 1 aromatic rings. The van der Waals surface area contributed by atoms with Crippen LogP contribution in [-0.2, 0) is 0 Å². The Morgan fingerprint density at radius 1 is 1.62 bits per heavy atom. The molecule has 0 atom stereocenters. The van der Waals surface area contributed by atoms with E-state index in [1.807, 2.05) is 13.8 Å². The van der Waals surface area contributed by atoms with Gasteiger partial charge in [-0.05, 0) is 17.5 Å². The van der Waals surface area contributed by atoms with Gasteiger partial charge in [0, 0.05) is 18.0 Å². The summed E-state index contributed by atoms with van der Waals surface area (Å²) in [4.78, 5) is 15.2. The van der Waals surface area contributed by atoms with Crippen LogP contribution in [0.15, 0.2) is 18.5 Å². The maximum absolute atomic E-state index is 11.3. The fraction of sp³-hybridized carbons (Fsp3) is 0.333. The van der Waals surface area contributed by atoms with E-state index in [1.54, 1.807) is 18.5 Å². The molecule has 13 heavy (non-hydrogen) atoms. The van der Waals surface area contributed by atoms with E-state index in [4.69, 9.17) is 5.84 Å². The molecule has 3 N–H and O–H groups in total.